The first-order chi connectivity index (χ1) is 29.8. The lowest BCUT2D eigenvalue weighted by atomic mass is 9.90. The molecule has 62 heavy (non-hydrogen) atoms. The summed E-state index contributed by atoms with van der Waals surface area (Å²) < 4.78 is 3.79. The molecule has 8 rings (SSSR count). The minimum absolute atomic E-state index is 0.320. The van der Waals surface area contributed by atoms with Gasteiger partial charge in [-0.2, -0.15) is 15.0 Å². The van der Waals surface area contributed by atoms with Crippen LogP contribution in [0.3, 0.4) is 0 Å². The number of thiazole rings is 2. The summed E-state index contributed by atoms with van der Waals surface area (Å²) in [5.74, 6) is 1.58. The molecule has 0 saturated carbocycles. The van der Waals surface area contributed by atoms with Gasteiger partial charge in [-0.1, -0.05) is 131 Å². The monoisotopic (exact) mass is 856 g/mol. The second kappa shape index (κ2) is 17.2. The molecule has 0 amide bonds. The Morgan fingerprint density at radius 1 is 0.726 bits per heavy atom. The van der Waals surface area contributed by atoms with Gasteiger partial charge in [0.15, 0.2) is 16.8 Å². The highest BCUT2D eigenvalue weighted by molar-refractivity contribution is 7.22. The number of benzene rings is 4. The third-order valence-electron chi connectivity index (χ3n) is 11.1. The zero-order chi connectivity index (χ0) is 43.9. The first-order valence-corrected chi connectivity index (χ1v) is 23.0. The van der Waals surface area contributed by atoms with E-state index in [1.165, 1.54) is 44.7 Å². The number of nitriles is 1. The first kappa shape index (κ1) is 42.4. The summed E-state index contributed by atoms with van der Waals surface area (Å²) in [6.07, 6.45) is 3.34. The zero-order valence-corrected chi connectivity index (χ0v) is 38.8. The topological polar surface area (TPSA) is 120 Å². The molecule has 0 atom stereocenters. The molecule has 8 aromatic rings. The predicted molar refractivity (Wildman–Crippen MR) is 258 cm³/mol. The van der Waals surface area contributed by atoms with Crippen molar-refractivity contribution in [3.05, 3.63) is 129 Å². The minimum atomic E-state index is -0.448. The lowest BCUT2D eigenvalue weighted by Crippen LogP contribution is -2.17. The highest BCUT2D eigenvalue weighted by Crippen LogP contribution is 2.46. The molecule has 0 fully saturated rings. The Bertz CT molecular complexity index is 2930. The number of nitrogens with zero attached hydrogens (tertiary/aromatic N) is 9. The van der Waals surface area contributed by atoms with Crippen LogP contribution in [0.4, 0.5) is 39.6 Å². The molecule has 0 saturated heterocycles. The lowest BCUT2D eigenvalue weighted by Gasteiger charge is -2.28. The van der Waals surface area contributed by atoms with Gasteiger partial charge in [-0.15, -0.1) is 10.2 Å². The van der Waals surface area contributed by atoms with E-state index in [4.69, 9.17) is 30.3 Å². The van der Waals surface area contributed by atoms with Crippen LogP contribution in [0.2, 0.25) is 0 Å². The summed E-state index contributed by atoms with van der Waals surface area (Å²) in [5, 5.41) is 31.0. The number of fused-ring (bicyclic) bond motifs is 2. The number of anilines is 5. The van der Waals surface area contributed by atoms with Crippen molar-refractivity contribution in [1.82, 2.24) is 24.7 Å². The molecule has 0 aliphatic rings. The molecule has 4 heterocycles. The van der Waals surface area contributed by atoms with E-state index in [2.05, 4.69) is 106 Å². The van der Waals surface area contributed by atoms with Gasteiger partial charge in [0.2, 0.25) is 5.13 Å². The zero-order valence-electron chi connectivity index (χ0n) is 37.2. The SMILES string of the molecule is CCc1cc(C)cc(CC)c1Nc1nc(N(c2nc3ccccc3s2)c2c(CC)cc(C)cc2CC)cc(C)c1/N=N/c1c(C#N)c(C(C)(C)C)nn1-c1nc2ccccc2s1. The summed E-state index contributed by atoms with van der Waals surface area (Å²) in [7, 11) is 0. The molecule has 1 N–H and O–H groups in total. The molecular formula is C50H52N10S2. The second-order valence-corrected chi connectivity index (χ2v) is 18.7. The maximum absolute atomic E-state index is 10.7. The van der Waals surface area contributed by atoms with Crippen molar-refractivity contribution in [2.24, 2.45) is 10.2 Å². The smallest absolute Gasteiger partial charge is 0.213 e. The quantitative estimate of drug-likeness (QED) is 0.121. The van der Waals surface area contributed by atoms with Gasteiger partial charge in [0, 0.05) is 11.1 Å². The van der Waals surface area contributed by atoms with Crippen LogP contribution in [0.5, 0.6) is 0 Å². The number of hydrogen-bond donors (Lipinski definition) is 1. The van der Waals surface area contributed by atoms with Crippen molar-refractivity contribution in [3.8, 4) is 11.2 Å². The second-order valence-electron chi connectivity index (χ2n) is 16.7. The summed E-state index contributed by atoms with van der Waals surface area (Å²) >= 11 is 3.15. The Balaban J connectivity index is 1.39. The van der Waals surface area contributed by atoms with Gasteiger partial charge >= 0.3 is 0 Å². The molecule has 0 spiro atoms. The van der Waals surface area contributed by atoms with Gasteiger partial charge in [0.25, 0.3) is 0 Å². The van der Waals surface area contributed by atoms with Crippen LogP contribution in [-0.4, -0.2) is 24.7 Å². The van der Waals surface area contributed by atoms with Gasteiger partial charge in [-0.3, -0.25) is 4.90 Å². The predicted octanol–water partition coefficient (Wildman–Crippen LogP) is 14.5. The summed E-state index contributed by atoms with van der Waals surface area (Å²) in [5.41, 5.74) is 13.1. The molecule has 0 aliphatic carbocycles. The highest BCUT2D eigenvalue weighted by atomic mass is 32.1. The minimum Gasteiger partial charge on any atom is -0.338 e. The molecule has 0 unspecified atom stereocenters. The first-order valence-electron chi connectivity index (χ1n) is 21.4. The van der Waals surface area contributed by atoms with Crippen molar-refractivity contribution >= 4 is 82.8 Å². The Morgan fingerprint density at radius 3 is 1.84 bits per heavy atom. The number of rotatable bonds is 12. The maximum atomic E-state index is 10.7. The average Bonchev–Trinajstić information content (AvgIpc) is 3.99. The van der Waals surface area contributed by atoms with Crippen molar-refractivity contribution < 1.29 is 0 Å². The average molecular weight is 857 g/mol. The van der Waals surface area contributed by atoms with E-state index in [0.29, 0.717) is 39.5 Å². The number of para-hydroxylation sites is 2. The molecule has 314 valence electrons. The van der Waals surface area contributed by atoms with Crippen LogP contribution in [0.15, 0.2) is 89.1 Å². The van der Waals surface area contributed by atoms with E-state index < -0.39 is 5.41 Å². The summed E-state index contributed by atoms with van der Waals surface area (Å²) in [6, 6.07) is 29.8. The number of hydrogen-bond acceptors (Lipinski definition) is 11. The number of pyridine rings is 1. The van der Waals surface area contributed by atoms with E-state index in [1.807, 2.05) is 58.0 Å². The third kappa shape index (κ3) is 7.98. The van der Waals surface area contributed by atoms with Crippen LogP contribution in [0.25, 0.3) is 25.6 Å². The molecular weight excluding hydrogens is 805 g/mol. The van der Waals surface area contributed by atoms with Crippen molar-refractivity contribution in [2.75, 3.05) is 10.2 Å². The molecule has 12 heteroatoms. The Hall–Kier alpha value is -6.29. The van der Waals surface area contributed by atoms with Crippen LogP contribution >= 0.6 is 22.7 Å². The van der Waals surface area contributed by atoms with Crippen LogP contribution in [0, 0.1) is 32.1 Å². The highest BCUT2D eigenvalue weighted by Gasteiger charge is 2.30. The molecule has 0 aliphatic heterocycles. The van der Waals surface area contributed by atoms with Crippen LogP contribution < -0.4 is 10.2 Å². The van der Waals surface area contributed by atoms with E-state index in [-0.39, 0.29) is 0 Å². The maximum Gasteiger partial charge on any atom is 0.213 e. The van der Waals surface area contributed by atoms with E-state index in [0.717, 1.165) is 68.2 Å². The molecule has 4 aromatic heterocycles. The molecule has 10 nitrogen and oxygen atoms in total. The van der Waals surface area contributed by atoms with Gasteiger partial charge in [0.05, 0.1) is 31.8 Å². The van der Waals surface area contributed by atoms with Crippen molar-refractivity contribution in [3.63, 3.8) is 0 Å². The fourth-order valence-corrected chi connectivity index (χ4v) is 9.99. The van der Waals surface area contributed by atoms with E-state index in [1.54, 1.807) is 16.0 Å². The van der Waals surface area contributed by atoms with Crippen molar-refractivity contribution in [1.29, 1.82) is 5.26 Å². The summed E-state index contributed by atoms with van der Waals surface area (Å²) in [6.45, 7) is 21.3. The number of nitrogens with one attached hydrogen (secondary N) is 1. The lowest BCUT2D eigenvalue weighted by molar-refractivity contribution is 0.559. The third-order valence-corrected chi connectivity index (χ3v) is 13.1. The van der Waals surface area contributed by atoms with Gasteiger partial charge in [-0.25, -0.2) is 15.0 Å². The summed E-state index contributed by atoms with van der Waals surface area (Å²) in [4.78, 5) is 17.9. The number of aromatic nitrogens is 5. The van der Waals surface area contributed by atoms with Gasteiger partial charge in [-0.05, 0) is 105 Å². The Morgan fingerprint density at radius 2 is 1.29 bits per heavy atom. The van der Waals surface area contributed by atoms with Crippen molar-refractivity contribution in [2.45, 2.75) is 100 Å². The standard InChI is InChI=1S/C50H52N10S2/c1-11-32-23-29(5)24-33(12-2)43(32)55-46-42(56-57-47-36(28-51)45(50(8,9)10)58-60(47)49-53-38-20-16-18-22-40(38)62-49)31(7)27-41(54-46)59(48-52-37-19-15-17-21-39(37)61-48)44-34(13-3)25-30(6)26-35(44)14-4/h15-27H,11-14H2,1-10H3,(H,54,55)/b57-56+. The van der Waals surface area contributed by atoms with Crippen LogP contribution in [0.1, 0.15) is 98.7 Å². The van der Waals surface area contributed by atoms with Gasteiger partial charge < -0.3 is 5.32 Å². The number of azo groups is 1. The fourth-order valence-electron chi connectivity index (χ4n) is 8.09. The normalized spacial score (nSPS) is 11.9. The number of aryl methyl sites for hydroxylation is 7. The van der Waals surface area contributed by atoms with E-state index in [9.17, 15) is 5.26 Å². The van der Waals surface area contributed by atoms with Crippen LogP contribution in [-0.2, 0) is 31.1 Å². The largest absolute Gasteiger partial charge is 0.338 e. The Labute approximate surface area is 372 Å². The van der Waals surface area contributed by atoms with Gasteiger partial charge in [0.1, 0.15) is 23.1 Å². The Kier molecular flexibility index (Phi) is 11.8. The molecule has 0 radical (unpaired) electrons. The fraction of sp³-hybridized carbons (Fsp3) is 0.300. The molecule has 4 aromatic carbocycles. The molecule has 0 bridgehead atoms. The van der Waals surface area contributed by atoms with E-state index >= 15 is 0 Å².